The van der Waals surface area contributed by atoms with Crippen molar-refractivity contribution in [2.45, 2.75) is 6.42 Å². The van der Waals surface area contributed by atoms with E-state index in [9.17, 15) is 4.79 Å². The molecule has 0 aromatic carbocycles. The molecule has 2 aromatic heterocycles. The van der Waals surface area contributed by atoms with Gasteiger partial charge in [0.2, 0.25) is 0 Å². The van der Waals surface area contributed by atoms with E-state index in [0.29, 0.717) is 11.5 Å². The number of hydrogen-bond acceptors (Lipinski definition) is 4. The number of carbonyl (C=O) groups is 1. The van der Waals surface area contributed by atoms with Crippen LogP contribution in [0.3, 0.4) is 0 Å². The standard InChI is InChI=1S/C10H8N2O3/c13-9(14)5-8-10(12-6-15-8)7-1-3-11-4-2-7/h1-4,6H,5H2,(H,13,14). The lowest BCUT2D eigenvalue weighted by Crippen LogP contribution is -2.00. The van der Waals surface area contributed by atoms with E-state index in [2.05, 4.69) is 9.97 Å². The van der Waals surface area contributed by atoms with Gasteiger partial charge in [-0.3, -0.25) is 9.78 Å². The predicted molar refractivity (Wildman–Crippen MR) is 51.1 cm³/mol. The van der Waals surface area contributed by atoms with Crippen molar-refractivity contribution in [2.75, 3.05) is 0 Å². The van der Waals surface area contributed by atoms with Gasteiger partial charge in [0.1, 0.15) is 17.9 Å². The Kier molecular flexibility index (Phi) is 2.45. The number of pyridine rings is 1. The Bertz CT molecular complexity index is 465. The second-order valence-corrected chi connectivity index (χ2v) is 2.93. The zero-order chi connectivity index (χ0) is 10.7. The molecular formula is C10H8N2O3. The van der Waals surface area contributed by atoms with Crippen LogP contribution in [0.25, 0.3) is 11.3 Å². The Morgan fingerprint density at radius 2 is 2.13 bits per heavy atom. The summed E-state index contributed by atoms with van der Waals surface area (Å²) < 4.78 is 5.02. The van der Waals surface area contributed by atoms with E-state index in [-0.39, 0.29) is 6.42 Å². The molecule has 2 rings (SSSR count). The van der Waals surface area contributed by atoms with Crippen molar-refractivity contribution < 1.29 is 14.3 Å². The molecule has 0 unspecified atom stereocenters. The number of aromatic nitrogens is 2. The third-order valence-electron chi connectivity index (χ3n) is 1.91. The zero-order valence-electron chi connectivity index (χ0n) is 7.75. The smallest absolute Gasteiger partial charge is 0.311 e. The van der Waals surface area contributed by atoms with Crippen LogP contribution in [0, 0.1) is 0 Å². The fourth-order valence-corrected chi connectivity index (χ4v) is 1.28. The van der Waals surface area contributed by atoms with E-state index in [1.807, 2.05) is 0 Å². The van der Waals surface area contributed by atoms with Crippen LogP contribution in [0.15, 0.2) is 35.3 Å². The molecule has 15 heavy (non-hydrogen) atoms. The topological polar surface area (TPSA) is 76.2 Å². The van der Waals surface area contributed by atoms with Gasteiger partial charge in [0.05, 0.1) is 0 Å². The third-order valence-corrected chi connectivity index (χ3v) is 1.91. The van der Waals surface area contributed by atoms with E-state index in [4.69, 9.17) is 9.52 Å². The minimum atomic E-state index is -0.943. The van der Waals surface area contributed by atoms with Gasteiger partial charge in [0.15, 0.2) is 6.39 Å². The van der Waals surface area contributed by atoms with Crippen LogP contribution in [-0.4, -0.2) is 21.0 Å². The fourth-order valence-electron chi connectivity index (χ4n) is 1.28. The van der Waals surface area contributed by atoms with Crippen molar-refractivity contribution in [1.82, 2.24) is 9.97 Å². The van der Waals surface area contributed by atoms with Crippen LogP contribution in [0.5, 0.6) is 0 Å². The number of oxazole rings is 1. The van der Waals surface area contributed by atoms with E-state index in [0.717, 1.165) is 5.56 Å². The normalized spacial score (nSPS) is 10.1. The summed E-state index contributed by atoms with van der Waals surface area (Å²) in [5.41, 5.74) is 1.36. The monoisotopic (exact) mass is 204 g/mol. The Morgan fingerprint density at radius 1 is 1.40 bits per heavy atom. The minimum absolute atomic E-state index is 0.169. The van der Waals surface area contributed by atoms with Crippen molar-refractivity contribution >= 4 is 5.97 Å². The number of nitrogens with zero attached hydrogens (tertiary/aromatic N) is 2. The average Bonchev–Trinajstić information content (AvgIpc) is 2.66. The Labute approximate surface area is 85.4 Å². The van der Waals surface area contributed by atoms with Crippen molar-refractivity contribution in [3.8, 4) is 11.3 Å². The molecule has 0 fully saturated rings. The van der Waals surface area contributed by atoms with Crippen molar-refractivity contribution in [3.63, 3.8) is 0 Å². The van der Waals surface area contributed by atoms with Crippen LogP contribution < -0.4 is 0 Å². The van der Waals surface area contributed by atoms with Crippen molar-refractivity contribution in [1.29, 1.82) is 0 Å². The molecule has 5 nitrogen and oxygen atoms in total. The van der Waals surface area contributed by atoms with Crippen LogP contribution in [0.4, 0.5) is 0 Å². The average molecular weight is 204 g/mol. The fraction of sp³-hybridized carbons (Fsp3) is 0.100. The molecule has 5 heteroatoms. The highest BCUT2D eigenvalue weighted by Gasteiger charge is 2.13. The van der Waals surface area contributed by atoms with Gasteiger partial charge in [0, 0.05) is 18.0 Å². The zero-order valence-corrected chi connectivity index (χ0v) is 7.75. The quantitative estimate of drug-likeness (QED) is 0.816. The molecule has 2 heterocycles. The molecule has 0 saturated carbocycles. The molecule has 0 spiro atoms. The number of aliphatic carboxylic acids is 1. The minimum Gasteiger partial charge on any atom is -0.481 e. The number of hydrogen-bond donors (Lipinski definition) is 1. The molecule has 0 amide bonds. The summed E-state index contributed by atoms with van der Waals surface area (Å²) in [6, 6.07) is 3.51. The molecule has 0 aliphatic rings. The molecule has 2 aromatic rings. The van der Waals surface area contributed by atoms with Crippen LogP contribution in [-0.2, 0) is 11.2 Å². The first-order valence-corrected chi connectivity index (χ1v) is 4.32. The maximum absolute atomic E-state index is 10.6. The van der Waals surface area contributed by atoms with Gasteiger partial charge in [-0.05, 0) is 12.1 Å². The highest BCUT2D eigenvalue weighted by Crippen LogP contribution is 2.21. The van der Waals surface area contributed by atoms with Gasteiger partial charge in [-0.2, -0.15) is 0 Å². The third kappa shape index (κ3) is 2.01. The lowest BCUT2D eigenvalue weighted by molar-refractivity contribution is -0.136. The summed E-state index contributed by atoms with van der Waals surface area (Å²) in [6.07, 6.45) is 4.31. The lowest BCUT2D eigenvalue weighted by atomic mass is 10.1. The second-order valence-electron chi connectivity index (χ2n) is 2.93. The van der Waals surface area contributed by atoms with Gasteiger partial charge >= 0.3 is 5.97 Å². The summed E-state index contributed by atoms with van der Waals surface area (Å²) in [6.45, 7) is 0. The largest absolute Gasteiger partial charge is 0.481 e. The molecule has 0 bridgehead atoms. The van der Waals surface area contributed by atoms with Crippen molar-refractivity contribution in [2.24, 2.45) is 0 Å². The van der Waals surface area contributed by atoms with E-state index < -0.39 is 5.97 Å². The predicted octanol–water partition coefficient (Wildman–Crippen LogP) is 1.36. The highest BCUT2D eigenvalue weighted by atomic mass is 16.4. The second kappa shape index (κ2) is 3.91. The Hall–Kier alpha value is -2.17. The summed E-state index contributed by atoms with van der Waals surface area (Å²) in [5, 5.41) is 8.66. The Balaban J connectivity index is 2.37. The van der Waals surface area contributed by atoms with Gasteiger partial charge in [0.25, 0.3) is 0 Å². The summed E-state index contributed by atoms with van der Waals surface area (Å²) in [7, 11) is 0. The van der Waals surface area contributed by atoms with Gasteiger partial charge in [-0.15, -0.1) is 0 Å². The molecular weight excluding hydrogens is 196 g/mol. The SMILES string of the molecule is O=C(O)Cc1ocnc1-c1ccncc1. The maximum Gasteiger partial charge on any atom is 0.311 e. The van der Waals surface area contributed by atoms with E-state index in [1.165, 1.54) is 6.39 Å². The molecule has 0 radical (unpaired) electrons. The van der Waals surface area contributed by atoms with Gasteiger partial charge in [-0.25, -0.2) is 4.98 Å². The summed E-state index contributed by atoms with van der Waals surface area (Å²) in [4.78, 5) is 18.4. The van der Waals surface area contributed by atoms with Crippen LogP contribution >= 0.6 is 0 Å². The molecule has 0 saturated heterocycles. The van der Waals surface area contributed by atoms with Crippen LogP contribution in [0.1, 0.15) is 5.76 Å². The van der Waals surface area contributed by atoms with E-state index >= 15 is 0 Å². The number of rotatable bonds is 3. The van der Waals surface area contributed by atoms with Gasteiger partial charge in [-0.1, -0.05) is 0 Å². The van der Waals surface area contributed by atoms with Crippen LogP contribution in [0.2, 0.25) is 0 Å². The first-order chi connectivity index (χ1) is 7.27. The summed E-state index contributed by atoms with van der Waals surface area (Å²) >= 11 is 0. The highest BCUT2D eigenvalue weighted by molar-refractivity contribution is 5.73. The van der Waals surface area contributed by atoms with Gasteiger partial charge < -0.3 is 9.52 Å². The molecule has 0 atom stereocenters. The first kappa shape index (κ1) is 9.39. The number of carboxylic acids is 1. The molecule has 0 aliphatic heterocycles. The Morgan fingerprint density at radius 3 is 2.80 bits per heavy atom. The first-order valence-electron chi connectivity index (χ1n) is 4.32. The molecule has 76 valence electrons. The van der Waals surface area contributed by atoms with E-state index in [1.54, 1.807) is 24.5 Å². The lowest BCUT2D eigenvalue weighted by Gasteiger charge is -1.97. The maximum atomic E-state index is 10.6. The molecule has 0 aliphatic carbocycles. The van der Waals surface area contributed by atoms with Crippen molar-refractivity contribution in [3.05, 3.63) is 36.7 Å². The number of carboxylic acid groups (broad SMARTS) is 1. The summed E-state index contributed by atoms with van der Waals surface area (Å²) in [5.74, 6) is -0.587. The molecule has 1 N–H and O–H groups in total.